The maximum atomic E-state index is 12.6. The van der Waals surface area contributed by atoms with Crippen molar-refractivity contribution in [1.29, 1.82) is 0 Å². The highest BCUT2D eigenvalue weighted by atomic mass is 32.2. The Morgan fingerprint density at radius 1 is 1.00 bits per heavy atom. The average Bonchev–Trinajstić information content (AvgIpc) is 2.62. The van der Waals surface area contributed by atoms with Crippen LogP contribution in [0.3, 0.4) is 0 Å². The molecule has 5 nitrogen and oxygen atoms in total. The van der Waals surface area contributed by atoms with Crippen LogP contribution in [0.1, 0.15) is 30.5 Å². The van der Waals surface area contributed by atoms with Crippen molar-refractivity contribution in [3.63, 3.8) is 0 Å². The zero-order valence-electron chi connectivity index (χ0n) is 15.7. The summed E-state index contributed by atoms with van der Waals surface area (Å²) in [6.45, 7) is 5.71. The van der Waals surface area contributed by atoms with Crippen LogP contribution in [0.5, 0.6) is 0 Å². The van der Waals surface area contributed by atoms with E-state index < -0.39 is 10.0 Å². The highest BCUT2D eigenvalue weighted by Gasteiger charge is 2.23. The number of anilines is 1. The fourth-order valence-electron chi connectivity index (χ4n) is 2.76. The van der Waals surface area contributed by atoms with Crippen LogP contribution in [0.15, 0.2) is 47.4 Å². The lowest BCUT2D eigenvalue weighted by Crippen LogP contribution is -2.35. The van der Waals surface area contributed by atoms with E-state index in [0.29, 0.717) is 0 Å². The summed E-state index contributed by atoms with van der Waals surface area (Å²) in [6, 6.07) is 12.5. The molecule has 0 bridgehead atoms. The van der Waals surface area contributed by atoms with E-state index >= 15 is 0 Å². The van der Waals surface area contributed by atoms with Crippen LogP contribution in [-0.2, 0) is 27.7 Å². The standard InChI is InChI=1S/C20H26N2O3S/c1-5-16-8-7-9-17(6-2)20(16)21-19(23)14-22(4)26(24,25)18-12-10-15(3)11-13-18/h7-13H,5-6,14H2,1-4H3,(H,21,23). The number of para-hydroxylation sites is 1. The first-order chi connectivity index (χ1) is 12.3. The number of hydrogen-bond acceptors (Lipinski definition) is 3. The summed E-state index contributed by atoms with van der Waals surface area (Å²) in [6.07, 6.45) is 1.59. The highest BCUT2D eigenvalue weighted by molar-refractivity contribution is 7.89. The summed E-state index contributed by atoms with van der Waals surface area (Å²) in [5.74, 6) is -0.348. The van der Waals surface area contributed by atoms with Gasteiger partial charge in [-0.3, -0.25) is 4.79 Å². The molecule has 0 saturated heterocycles. The van der Waals surface area contributed by atoms with Crippen LogP contribution in [-0.4, -0.2) is 32.2 Å². The minimum atomic E-state index is -3.70. The lowest BCUT2D eigenvalue weighted by molar-refractivity contribution is -0.116. The minimum absolute atomic E-state index is 0.182. The van der Waals surface area contributed by atoms with Gasteiger partial charge in [-0.05, 0) is 43.0 Å². The summed E-state index contributed by atoms with van der Waals surface area (Å²) >= 11 is 0. The first-order valence-electron chi connectivity index (χ1n) is 8.73. The first kappa shape index (κ1) is 20.1. The summed E-state index contributed by atoms with van der Waals surface area (Å²) < 4.78 is 26.3. The quantitative estimate of drug-likeness (QED) is 0.808. The number of aryl methyl sites for hydroxylation is 3. The summed E-state index contributed by atoms with van der Waals surface area (Å²) in [7, 11) is -2.28. The molecule has 0 saturated carbocycles. The van der Waals surface area contributed by atoms with Crippen molar-refractivity contribution in [1.82, 2.24) is 4.31 Å². The van der Waals surface area contributed by atoms with E-state index in [0.717, 1.165) is 39.5 Å². The number of carbonyl (C=O) groups is 1. The predicted octanol–water partition coefficient (Wildman–Crippen LogP) is 3.38. The van der Waals surface area contributed by atoms with E-state index in [1.54, 1.807) is 24.3 Å². The Balaban J connectivity index is 2.16. The largest absolute Gasteiger partial charge is 0.324 e. The van der Waals surface area contributed by atoms with E-state index in [1.807, 2.05) is 39.0 Å². The van der Waals surface area contributed by atoms with Gasteiger partial charge in [-0.15, -0.1) is 0 Å². The number of hydrogen-bond donors (Lipinski definition) is 1. The Kier molecular flexibility index (Phi) is 6.56. The first-order valence-corrected chi connectivity index (χ1v) is 10.2. The van der Waals surface area contributed by atoms with Crippen molar-refractivity contribution in [2.24, 2.45) is 0 Å². The lowest BCUT2D eigenvalue weighted by Gasteiger charge is -2.19. The van der Waals surface area contributed by atoms with Crippen molar-refractivity contribution in [3.8, 4) is 0 Å². The second kappa shape index (κ2) is 8.47. The van der Waals surface area contributed by atoms with Gasteiger partial charge < -0.3 is 5.32 Å². The van der Waals surface area contributed by atoms with Gasteiger partial charge in [-0.2, -0.15) is 4.31 Å². The van der Waals surface area contributed by atoms with E-state index in [9.17, 15) is 13.2 Å². The number of sulfonamides is 1. The van der Waals surface area contributed by atoms with Gasteiger partial charge in [-0.1, -0.05) is 49.7 Å². The van der Waals surface area contributed by atoms with Gasteiger partial charge in [0.05, 0.1) is 11.4 Å². The molecule has 0 fully saturated rings. The fourth-order valence-corrected chi connectivity index (χ4v) is 3.89. The molecule has 0 aliphatic rings. The molecule has 2 aromatic rings. The third kappa shape index (κ3) is 4.51. The predicted molar refractivity (Wildman–Crippen MR) is 105 cm³/mol. The molecule has 0 aromatic heterocycles. The van der Waals surface area contributed by atoms with Crippen LogP contribution in [0, 0.1) is 6.92 Å². The van der Waals surface area contributed by atoms with E-state index in [1.165, 1.54) is 7.05 Å². The maximum absolute atomic E-state index is 12.6. The highest BCUT2D eigenvalue weighted by Crippen LogP contribution is 2.23. The number of benzene rings is 2. The SMILES string of the molecule is CCc1cccc(CC)c1NC(=O)CN(C)S(=O)(=O)c1ccc(C)cc1. The van der Waals surface area contributed by atoms with Crippen LogP contribution in [0.2, 0.25) is 0 Å². The second-order valence-electron chi connectivity index (χ2n) is 6.28. The van der Waals surface area contributed by atoms with Gasteiger partial charge >= 0.3 is 0 Å². The lowest BCUT2D eigenvalue weighted by atomic mass is 10.0. The molecular formula is C20H26N2O3S. The van der Waals surface area contributed by atoms with Crippen LogP contribution in [0.25, 0.3) is 0 Å². The molecule has 2 aromatic carbocycles. The monoisotopic (exact) mass is 374 g/mol. The molecule has 0 spiro atoms. The van der Waals surface area contributed by atoms with E-state index in [2.05, 4.69) is 5.32 Å². The van der Waals surface area contributed by atoms with Crippen LogP contribution < -0.4 is 5.32 Å². The Morgan fingerprint density at radius 3 is 2.04 bits per heavy atom. The molecule has 26 heavy (non-hydrogen) atoms. The third-order valence-corrected chi connectivity index (χ3v) is 6.18. The normalized spacial score (nSPS) is 11.6. The van der Waals surface area contributed by atoms with Crippen molar-refractivity contribution < 1.29 is 13.2 Å². The van der Waals surface area contributed by atoms with Gasteiger partial charge in [0, 0.05) is 12.7 Å². The van der Waals surface area contributed by atoms with E-state index in [4.69, 9.17) is 0 Å². The second-order valence-corrected chi connectivity index (χ2v) is 8.33. The van der Waals surface area contributed by atoms with Gasteiger partial charge in [0.25, 0.3) is 0 Å². The van der Waals surface area contributed by atoms with Gasteiger partial charge in [-0.25, -0.2) is 8.42 Å². The molecule has 0 radical (unpaired) electrons. The average molecular weight is 375 g/mol. The van der Waals surface area contributed by atoms with E-state index in [-0.39, 0.29) is 17.3 Å². The van der Waals surface area contributed by atoms with Crippen LogP contribution >= 0.6 is 0 Å². The molecule has 0 unspecified atom stereocenters. The molecule has 140 valence electrons. The van der Waals surface area contributed by atoms with Gasteiger partial charge in [0.15, 0.2) is 0 Å². The van der Waals surface area contributed by atoms with Crippen LogP contribution in [0.4, 0.5) is 5.69 Å². The van der Waals surface area contributed by atoms with Crippen molar-refractivity contribution in [2.75, 3.05) is 18.9 Å². The topological polar surface area (TPSA) is 66.5 Å². The number of nitrogens with one attached hydrogen (secondary N) is 1. The molecule has 0 aliphatic carbocycles. The molecule has 0 aliphatic heterocycles. The third-order valence-electron chi connectivity index (χ3n) is 4.36. The Morgan fingerprint density at radius 2 is 1.54 bits per heavy atom. The molecule has 0 heterocycles. The smallest absolute Gasteiger partial charge is 0.243 e. The number of amides is 1. The summed E-state index contributed by atoms with van der Waals surface area (Å²) in [5.41, 5.74) is 3.86. The molecule has 1 amide bonds. The Hall–Kier alpha value is -2.18. The van der Waals surface area contributed by atoms with Gasteiger partial charge in [0.2, 0.25) is 15.9 Å². The Bertz CT molecular complexity index is 852. The number of nitrogens with zero attached hydrogens (tertiary/aromatic N) is 1. The molecule has 2 rings (SSSR count). The zero-order valence-corrected chi connectivity index (χ0v) is 16.6. The maximum Gasteiger partial charge on any atom is 0.243 e. The summed E-state index contributed by atoms with van der Waals surface area (Å²) in [4.78, 5) is 12.7. The van der Waals surface area contributed by atoms with Crippen molar-refractivity contribution in [3.05, 3.63) is 59.2 Å². The molecule has 1 N–H and O–H groups in total. The zero-order chi connectivity index (χ0) is 19.3. The molecule has 0 atom stereocenters. The number of rotatable bonds is 7. The number of carbonyl (C=O) groups excluding carboxylic acids is 1. The van der Waals surface area contributed by atoms with Gasteiger partial charge in [0.1, 0.15) is 0 Å². The fraction of sp³-hybridized carbons (Fsp3) is 0.350. The van der Waals surface area contributed by atoms with Crippen molar-refractivity contribution in [2.45, 2.75) is 38.5 Å². The molecular weight excluding hydrogens is 348 g/mol. The van der Waals surface area contributed by atoms with Crippen molar-refractivity contribution >= 4 is 21.6 Å². The summed E-state index contributed by atoms with van der Waals surface area (Å²) in [5, 5.41) is 2.90. The Labute approximate surface area is 156 Å². The minimum Gasteiger partial charge on any atom is -0.324 e. The number of likely N-dealkylation sites (N-methyl/N-ethyl adjacent to an activating group) is 1. The molecule has 6 heteroatoms.